The van der Waals surface area contributed by atoms with E-state index in [2.05, 4.69) is 45.3 Å². The van der Waals surface area contributed by atoms with E-state index >= 15 is 0 Å². The number of alkyl halides is 1. The maximum absolute atomic E-state index is 14.3. The molecule has 0 spiro atoms. The van der Waals surface area contributed by atoms with E-state index in [0.29, 0.717) is 66.1 Å². The van der Waals surface area contributed by atoms with Crippen LogP contribution in [0.1, 0.15) is 42.7 Å². The van der Waals surface area contributed by atoms with Gasteiger partial charge in [0.05, 0.1) is 21.6 Å². The zero-order valence-electron chi connectivity index (χ0n) is 22.3. The van der Waals surface area contributed by atoms with E-state index in [0.717, 1.165) is 37.3 Å². The quantitative estimate of drug-likeness (QED) is 0.289. The van der Waals surface area contributed by atoms with Crippen LogP contribution in [0.15, 0.2) is 36.9 Å². The number of halogens is 2. The van der Waals surface area contributed by atoms with E-state index < -0.39 is 6.17 Å². The molecular weight excluding hydrogens is 531 g/mol. The molecule has 2 saturated heterocycles. The maximum Gasteiger partial charge on any atom is 0.320 e. The molecule has 3 aromatic rings. The molecule has 4 heterocycles. The smallest absolute Gasteiger partial charge is 0.320 e. The van der Waals surface area contributed by atoms with Gasteiger partial charge in [0.25, 0.3) is 0 Å². The van der Waals surface area contributed by atoms with E-state index in [1.54, 1.807) is 0 Å². The van der Waals surface area contributed by atoms with E-state index in [1.165, 1.54) is 23.6 Å². The van der Waals surface area contributed by atoms with Crippen molar-refractivity contribution in [2.24, 2.45) is 5.92 Å². The normalized spacial score (nSPS) is 26.3. The third-order valence-electron chi connectivity index (χ3n) is 8.98. The molecule has 10 heteroatoms. The summed E-state index contributed by atoms with van der Waals surface area (Å²) in [6, 6.07) is 8.43. The molecule has 3 unspecified atom stereocenters. The van der Waals surface area contributed by atoms with Crippen molar-refractivity contribution in [3.63, 3.8) is 0 Å². The van der Waals surface area contributed by atoms with Gasteiger partial charge >= 0.3 is 6.01 Å². The van der Waals surface area contributed by atoms with E-state index in [9.17, 15) is 9.18 Å². The fourth-order valence-corrected chi connectivity index (χ4v) is 7.28. The summed E-state index contributed by atoms with van der Waals surface area (Å²) in [4.78, 5) is 28.1. The van der Waals surface area contributed by atoms with E-state index in [4.69, 9.17) is 26.3 Å². The first kappa shape index (κ1) is 25.7. The molecule has 1 saturated carbocycles. The van der Waals surface area contributed by atoms with Crippen molar-refractivity contribution < 1.29 is 13.9 Å². The molecule has 2 aromatic heterocycles. The van der Waals surface area contributed by atoms with Crippen LogP contribution in [-0.4, -0.2) is 70.3 Å². The summed E-state index contributed by atoms with van der Waals surface area (Å²) in [6.45, 7) is 5.94. The number of carbonyl (C=O) groups is 1. The highest BCUT2D eigenvalue weighted by Crippen LogP contribution is 2.58. The van der Waals surface area contributed by atoms with Crippen LogP contribution < -0.4 is 15.4 Å². The van der Waals surface area contributed by atoms with Crippen LogP contribution in [0.25, 0.3) is 22.3 Å². The first-order chi connectivity index (χ1) is 19.4. The summed E-state index contributed by atoms with van der Waals surface area (Å²) in [6.07, 6.45) is 5.14. The SMILES string of the molecule is C=CC(=O)NCCNc1nc(OCC23CCCN2C[C@H](F)C3)nc2nc(-c3cccc4c3C3CC3C4)c(Cl)cc12. The minimum atomic E-state index is -0.838. The third-order valence-corrected chi connectivity index (χ3v) is 9.27. The Balaban J connectivity index is 1.23. The predicted octanol–water partition coefficient (Wildman–Crippen LogP) is 4.67. The molecule has 4 aliphatic rings. The average molecular weight is 563 g/mol. The third kappa shape index (κ3) is 4.49. The Morgan fingerprint density at radius 2 is 2.20 bits per heavy atom. The van der Waals surface area contributed by atoms with Gasteiger partial charge in [-0.2, -0.15) is 9.97 Å². The fourth-order valence-electron chi connectivity index (χ4n) is 7.03. The van der Waals surface area contributed by atoms with Gasteiger partial charge in [-0.3, -0.25) is 9.69 Å². The Labute approximate surface area is 237 Å². The van der Waals surface area contributed by atoms with Gasteiger partial charge in [-0.15, -0.1) is 0 Å². The zero-order chi connectivity index (χ0) is 27.4. The fraction of sp³-hybridized carbons (Fsp3) is 0.467. The van der Waals surface area contributed by atoms with Crippen molar-refractivity contribution in [1.82, 2.24) is 25.2 Å². The number of ether oxygens (including phenoxy) is 1. The van der Waals surface area contributed by atoms with Crippen molar-refractivity contribution in [3.05, 3.63) is 53.1 Å². The molecule has 8 nitrogen and oxygen atoms in total. The van der Waals surface area contributed by atoms with Crippen molar-refractivity contribution >= 4 is 34.4 Å². The molecule has 3 fully saturated rings. The average Bonchev–Trinajstić information content (AvgIpc) is 3.27. The van der Waals surface area contributed by atoms with Crippen LogP contribution in [0.2, 0.25) is 5.02 Å². The molecule has 0 radical (unpaired) electrons. The summed E-state index contributed by atoms with van der Waals surface area (Å²) in [5, 5.41) is 7.23. The lowest BCUT2D eigenvalue weighted by atomic mass is 9.95. The predicted molar refractivity (Wildman–Crippen MR) is 153 cm³/mol. The molecule has 0 bridgehead atoms. The van der Waals surface area contributed by atoms with Gasteiger partial charge < -0.3 is 15.4 Å². The van der Waals surface area contributed by atoms with Crippen LogP contribution in [0.3, 0.4) is 0 Å². The number of rotatable bonds is 9. The van der Waals surface area contributed by atoms with Crippen molar-refractivity contribution in [2.75, 3.05) is 38.1 Å². The summed E-state index contributed by atoms with van der Waals surface area (Å²) in [5.41, 5.74) is 4.69. The minimum Gasteiger partial charge on any atom is -0.461 e. The topological polar surface area (TPSA) is 92.3 Å². The number of hydrogen-bond acceptors (Lipinski definition) is 7. The summed E-state index contributed by atoms with van der Waals surface area (Å²) in [7, 11) is 0. The number of nitrogens with one attached hydrogen (secondary N) is 2. The summed E-state index contributed by atoms with van der Waals surface area (Å²) in [5.74, 6) is 1.60. The molecule has 7 rings (SSSR count). The number of amides is 1. The largest absolute Gasteiger partial charge is 0.461 e. The number of carbonyl (C=O) groups excluding carboxylic acids is 1. The van der Waals surface area contributed by atoms with Crippen LogP contribution in [0.5, 0.6) is 6.01 Å². The lowest BCUT2D eigenvalue weighted by Crippen LogP contribution is -2.43. The maximum atomic E-state index is 14.3. The Morgan fingerprint density at radius 1 is 1.30 bits per heavy atom. The lowest BCUT2D eigenvalue weighted by Gasteiger charge is -2.30. The molecule has 1 amide bonds. The molecule has 4 atom stereocenters. The van der Waals surface area contributed by atoms with E-state index in [1.807, 2.05) is 6.07 Å². The first-order valence-corrected chi connectivity index (χ1v) is 14.5. The second kappa shape index (κ2) is 9.96. The second-order valence-electron chi connectivity index (χ2n) is 11.5. The number of nitrogens with zero attached hydrogens (tertiary/aromatic N) is 4. The minimum absolute atomic E-state index is 0.190. The van der Waals surface area contributed by atoms with Gasteiger partial charge in [0.1, 0.15) is 18.6 Å². The number of anilines is 1. The highest BCUT2D eigenvalue weighted by atomic mass is 35.5. The molecule has 1 aromatic carbocycles. The molecule has 2 aliphatic carbocycles. The van der Waals surface area contributed by atoms with Crippen LogP contribution in [-0.2, 0) is 11.2 Å². The summed E-state index contributed by atoms with van der Waals surface area (Å²) < 4.78 is 20.5. The molecule has 2 N–H and O–H groups in total. The van der Waals surface area contributed by atoms with Gasteiger partial charge in [-0.1, -0.05) is 36.4 Å². The highest BCUT2D eigenvalue weighted by molar-refractivity contribution is 6.34. The van der Waals surface area contributed by atoms with Gasteiger partial charge in [0.15, 0.2) is 5.65 Å². The summed E-state index contributed by atoms with van der Waals surface area (Å²) >= 11 is 6.87. The number of hydrogen-bond donors (Lipinski definition) is 2. The molecular formula is C30H32ClFN6O2. The monoisotopic (exact) mass is 562 g/mol. The Kier molecular flexibility index (Phi) is 6.39. The van der Waals surface area contributed by atoms with Crippen molar-refractivity contribution in [3.8, 4) is 17.3 Å². The highest BCUT2D eigenvalue weighted by Gasteiger charge is 2.49. The van der Waals surface area contributed by atoms with Gasteiger partial charge in [0.2, 0.25) is 5.91 Å². The Morgan fingerprint density at radius 3 is 3.08 bits per heavy atom. The first-order valence-electron chi connectivity index (χ1n) is 14.1. The number of fused-ring (bicyclic) bond motifs is 5. The lowest BCUT2D eigenvalue weighted by molar-refractivity contribution is -0.116. The Bertz CT molecular complexity index is 1520. The molecule has 2 aliphatic heterocycles. The second-order valence-corrected chi connectivity index (χ2v) is 11.9. The molecule has 208 valence electrons. The number of aromatic nitrogens is 3. The van der Waals surface area contributed by atoms with Crippen LogP contribution in [0, 0.1) is 5.92 Å². The van der Waals surface area contributed by atoms with Gasteiger partial charge in [0, 0.05) is 31.6 Å². The Hall–Kier alpha value is -3.30. The van der Waals surface area contributed by atoms with Crippen LogP contribution >= 0.6 is 11.6 Å². The van der Waals surface area contributed by atoms with E-state index in [-0.39, 0.29) is 17.5 Å². The van der Waals surface area contributed by atoms with Gasteiger partial charge in [-0.05, 0) is 67.3 Å². The molecule has 40 heavy (non-hydrogen) atoms. The number of pyridine rings is 1. The van der Waals surface area contributed by atoms with Crippen molar-refractivity contribution in [2.45, 2.75) is 49.7 Å². The number of benzene rings is 1. The standard InChI is InChI=1S/C30H32ClFN6O2/c1-2-24(39)33-8-9-34-27-22-13-23(31)26(20-6-3-5-17-11-18-12-21(18)25(17)20)35-28(22)37-29(36-27)40-16-30-7-4-10-38(30)15-19(32)14-30/h2-3,5-6,13,18-19,21H,1,4,7-12,14-16H2,(H,33,39)(H,34,35,36,37)/t18?,19-,21?,30?/m1/s1. The van der Waals surface area contributed by atoms with Crippen molar-refractivity contribution in [1.29, 1.82) is 0 Å². The zero-order valence-corrected chi connectivity index (χ0v) is 23.0. The van der Waals surface area contributed by atoms with Gasteiger partial charge in [-0.25, -0.2) is 9.37 Å². The van der Waals surface area contributed by atoms with Crippen LogP contribution in [0.4, 0.5) is 10.2 Å².